The van der Waals surface area contributed by atoms with Gasteiger partial charge >= 0.3 is 5.97 Å². The van der Waals surface area contributed by atoms with Crippen LogP contribution < -0.4 is 5.73 Å². The molecule has 0 aliphatic carbocycles. The number of carbonyl (C=O) groups is 2. The molecular weight excluding hydrogens is 282 g/mol. The Hall–Kier alpha value is -2.30. The number of methoxy groups -OCH3 is 1. The summed E-state index contributed by atoms with van der Waals surface area (Å²) >= 11 is 0. The minimum atomic E-state index is -0.480. The van der Waals surface area contributed by atoms with E-state index in [4.69, 9.17) is 15.2 Å². The Bertz CT molecular complexity index is 487. The van der Waals surface area contributed by atoms with Crippen molar-refractivity contribution in [1.82, 2.24) is 0 Å². The highest BCUT2D eigenvalue weighted by Gasteiger charge is 2.22. The first kappa shape index (κ1) is 19.7. The summed E-state index contributed by atoms with van der Waals surface area (Å²) in [4.78, 5) is 21.9. The maximum Gasteiger partial charge on any atom is 0.373 e. The van der Waals surface area contributed by atoms with Gasteiger partial charge in [0.2, 0.25) is 5.91 Å². The molecule has 1 heterocycles. The Balaban J connectivity index is 0.00000211. The summed E-state index contributed by atoms with van der Waals surface area (Å²) in [7, 11) is 1.45. The molecule has 1 aliphatic heterocycles. The van der Waals surface area contributed by atoms with E-state index in [-0.39, 0.29) is 11.9 Å². The van der Waals surface area contributed by atoms with Gasteiger partial charge in [-0.05, 0) is 13.0 Å². The predicted octanol–water partition coefficient (Wildman–Crippen LogP) is 2.79. The highest BCUT2D eigenvalue weighted by atomic mass is 16.6. The van der Waals surface area contributed by atoms with E-state index in [0.717, 1.165) is 5.57 Å². The van der Waals surface area contributed by atoms with Crippen molar-refractivity contribution in [1.29, 1.82) is 0 Å². The number of nitrogens with two attached hydrogens (primary N) is 1. The summed E-state index contributed by atoms with van der Waals surface area (Å²) < 4.78 is 10.1. The fourth-order valence-corrected chi connectivity index (χ4v) is 1.63. The van der Waals surface area contributed by atoms with Gasteiger partial charge in [-0.3, -0.25) is 4.79 Å². The first-order valence-corrected chi connectivity index (χ1v) is 7.29. The molecule has 5 nitrogen and oxygen atoms in total. The standard InChI is InChI=1S/C15H19NO4.C2H6/c1-11(5-3-4-6-14(16)17)7-8-12-9-10-13(19-2)15(18)20-12;1-2/h3-7,10,12H,8-9H2,1-2H3,(H2,16,17);1-2H3/b5-3+,6-4+,11-7+;. The van der Waals surface area contributed by atoms with E-state index in [1.54, 1.807) is 18.2 Å². The van der Waals surface area contributed by atoms with E-state index in [1.165, 1.54) is 13.2 Å². The van der Waals surface area contributed by atoms with Crippen molar-refractivity contribution in [3.63, 3.8) is 0 Å². The van der Waals surface area contributed by atoms with Gasteiger partial charge in [-0.25, -0.2) is 4.79 Å². The molecule has 0 aromatic heterocycles. The van der Waals surface area contributed by atoms with Crippen LogP contribution in [0.3, 0.4) is 0 Å². The van der Waals surface area contributed by atoms with Crippen molar-refractivity contribution in [2.24, 2.45) is 5.73 Å². The molecule has 1 aliphatic rings. The number of rotatable bonds is 6. The Morgan fingerprint density at radius 3 is 2.59 bits per heavy atom. The van der Waals surface area contributed by atoms with Gasteiger partial charge < -0.3 is 15.2 Å². The minimum Gasteiger partial charge on any atom is -0.490 e. The molecule has 122 valence electrons. The van der Waals surface area contributed by atoms with Crippen LogP contribution in [-0.2, 0) is 19.1 Å². The van der Waals surface area contributed by atoms with Gasteiger partial charge in [-0.2, -0.15) is 0 Å². The van der Waals surface area contributed by atoms with Gasteiger partial charge in [0, 0.05) is 18.9 Å². The van der Waals surface area contributed by atoms with Gasteiger partial charge in [0.25, 0.3) is 0 Å². The monoisotopic (exact) mass is 307 g/mol. The molecule has 0 saturated carbocycles. The molecule has 1 atom stereocenters. The second kappa shape index (κ2) is 11.4. The lowest BCUT2D eigenvalue weighted by molar-refractivity contribution is -0.149. The maximum atomic E-state index is 11.5. The highest BCUT2D eigenvalue weighted by molar-refractivity contribution is 5.87. The Labute approximate surface area is 132 Å². The normalized spacial score (nSPS) is 18.5. The number of cyclic esters (lactones) is 1. The predicted molar refractivity (Wildman–Crippen MR) is 86.8 cm³/mol. The van der Waals surface area contributed by atoms with Crippen molar-refractivity contribution < 1.29 is 19.1 Å². The van der Waals surface area contributed by atoms with Crippen LogP contribution in [-0.4, -0.2) is 25.1 Å². The molecule has 0 saturated heterocycles. The van der Waals surface area contributed by atoms with Crippen LogP contribution in [0.1, 0.15) is 33.6 Å². The quantitative estimate of drug-likeness (QED) is 0.465. The number of allylic oxidation sites excluding steroid dienone is 4. The summed E-state index contributed by atoms with van der Waals surface area (Å²) in [6.45, 7) is 5.93. The van der Waals surface area contributed by atoms with E-state index in [9.17, 15) is 9.59 Å². The number of carbonyl (C=O) groups excluding carboxylic acids is 2. The smallest absolute Gasteiger partial charge is 0.373 e. The molecule has 22 heavy (non-hydrogen) atoms. The molecule has 0 aromatic rings. The number of ether oxygens (including phenoxy) is 2. The molecule has 1 amide bonds. The number of hydrogen-bond donors (Lipinski definition) is 1. The maximum absolute atomic E-state index is 11.5. The number of amides is 1. The van der Waals surface area contributed by atoms with Crippen LogP contribution >= 0.6 is 0 Å². The molecule has 0 aromatic carbocycles. The van der Waals surface area contributed by atoms with Crippen LogP contribution in [0.15, 0.2) is 47.8 Å². The van der Waals surface area contributed by atoms with Crippen LogP contribution in [0.2, 0.25) is 0 Å². The average Bonchev–Trinajstić information content (AvgIpc) is 2.51. The van der Waals surface area contributed by atoms with E-state index in [1.807, 2.05) is 32.9 Å². The van der Waals surface area contributed by atoms with Gasteiger partial charge in [-0.1, -0.05) is 43.7 Å². The SMILES string of the molecule is CC.COC1=CCC(C/C=C(C)/C=C/C=C/C(N)=O)OC1=O. The molecule has 0 fully saturated rings. The minimum absolute atomic E-state index is 0.161. The third-order valence-corrected chi connectivity index (χ3v) is 2.69. The number of primary amides is 1. The number of hydrogen-bond acceptors (Lipinski definition) is 4. The Morgan fingerprint density at radius 1 is 1.41 bits per heavy atom. The lowest BCUT2D eigenvalue weighted by atomic mass is 10.1. The van der Waals surface area contributed by atoms with E-state index in [2.05, 4.69) is 0 Å². The first-order chi connectivity index (χ1) is 10.5. The van der Waals surface area contributed by atoms with Crippen molar-refractivity contribution in [2.45, 2.75) is 39.7 Å². The molecule has 0 radical (unpaired) electrons. The summed E-state index contributed by atoms with van der Waals surface area (Å²) in [6.07, 6.45) is 11.3. The molecule has 2 N–H and O–H groups in total. The van der Waals surface area contributed by atoms with Crippen LogP contribution in [0.4, 0.5) is 0 Å². The Morgan fingerprint density at radius 2 is 2.05 bits per heavy atom. The fourth-order valence-electron chi connectivity index (χ4n) is 1.63. The molecule has 1 unspecified atom stereocenters. The van der Waals surface area contributed by atoms with Crippen molar-refractivity contribution >= 4 is 11.9 Å². The van der Waals surface area contributed by atoms with Gasteiger partial charge in [0.05, 0.1) is 7.11 Å². The first-order valence-electron chi connectivity index (χ1n) is 7.29. The number of esters is 1. The third-order valence-electron chi connectivity index (χ3n) is 2.69. The molecule has 1 rings (SSSR count). The summed E-state index contributed by atoms with van der Waals surface area (Å²) in [5.74, 6) is -0.640. The van der Waals surface area contributed by atoms with Crippen LogP contribution in [0, 0.1) is 0 Å². The van der Waals surface area contributed by atoms with E-state index < -0.39 is 11.9 Å². The second-order valence-corrected chi connectivity index (χ2v) is 4.34. The van der Waals surface area contributed by atoms with Crippen LogP contribution in [0.25, 0.3) is 0 Å². The lowest BCUT2D eigenvalue weighted by Gasteiger charge is -2.20. The summed E-state index contributed by atoms with van der Waals surface area (Å²) in [5, 5.41) is 0. The lowest BCUT2D eigenvalue weighted by Crippen LogP contribution is -2.23. The average molecular weight is 307 g/mol. The molecule has 0 spiro atoms. The van der Waals surface area contributed by atoms with Crippen molar-refractivity contribution in [3.8, 4) is 0 Å². The van der Waals surface area contributed by atoms with Gasteiger partial charge in [-0.15, -0.1) is 0 Å². The van der Waals surface area contributed by atoms with Crippen LogP contribution in [0.5, 0.6) is 0 Å². The topological polar surface area (TPSA) is 78.6 Å². The second-order valence-electron chi connectivity index (χ2n) is 4.34. The summed E-state index contributed by atoms with van der Waals surface area (Å²) in [6, 6.07) is 0. The third kappa shape index (κ3) is 8.09. The van der Waals surface area contributed by atoms with Crippen molar-refractivity contribution in [2.75, 3.05) is 7.11 Å². The fraction of sp³-hybridized carbons (Fsp3) is 0.412. The van der Waals surface area contributed by atoms with Crippen molar-refractivity contribution in [3.05, 3.63) is 47.8 Å². The molecule has 5 heteroatoms. The van der Waals surface area contributed by atoms with E-state index >= 15 is 0 Å². The zero-order valence-corrected chi connectivity index (χ0v) is 13.7. The Kier molecular flexibility index (Phi) is 10.2. The van der Waals surface area contributed by atoms with E-state index in [0.29, 0.717) is 12.8 Å². The summed E-state index contributed by atoms with van der Waals surface area (Å²) in [5.41, 5.74) is 5.97. The zero-order chi connectivity index (χ0) is 17.0. The van der Waals surface area contributed by atoms with Gasteiger partial charge in [0.15, 0.2) is 5.76 Å². The molecular formula is C17H25NO4. The van der Waals surface area contributed by atoms with Gasteiger partial charge in [0.1, 0.15) is 6.10 Å². The molecule has 0 bridgehead atoms. The zero-order valence-electron chi connectivity index (χ0n) is 13.7. The highest BCUT2D eigenvalue weighted by Crippen LogP contribution is 2.18. The largest absolute Gasteiger partial charge is 0.490 e.